The zero-order valence-corrected chi connectivity index (χ0v) is 24.5. The Kier molecular flexibility index (Phi) is 10.00. The maximum Gasteiger partial charge on any atom is 0.415 e. The number of aromatic nitrogens is 2. The van der Waals surface area contributed by atoms with Gasteiger partial charge in [0.15, 0.2) is 11.6 Å². The maximum atomic E-state index is 13.4. The first-order valence-electron chi connectivity index (χ1n) is 14.3. The number of ether oxygens (including phenoxy) is 1. The first-order valence-corrected chi connectivity index (χ1v) is 14.3. The summed E-state index contributed by atoms with van der Waals surface area (Å²) in [5.74, 6) is -0.260. The molecule has 1 aromatic carbocycles. The van der Waals surface area contributed by atoms with Crippen molar-refractivity contribution < 1.29 is 28.6 Å². The molecule has 1 saturated heterocycles. The molecule has 12 nitrogen and oxygen atoms in total. The number of benzene rings is 1. The average molecular weight is 579 g/mol. The highest BCUT2D eigenvalue weighted by Gasteiger charge is 2.28. The Bertz CT molecular complexity index is 1380. The summed E-state index contributed by atoms with van der Waals surface area (Å²) in [4.78, 5) is 52.4. The molecule has 1 atom stereocenters. The highest BCUT2D eigenvalue weighted by Crippen LogP contribution is 2.29. The van der Waals surface area contributed by atoms with Crippen LogP contribution in [0.3, 0.4) is 0 Å². The van der Waals surface area contributed by atoms with E-state index in [1.807, 2.05) is 25.7 Å². The minimum absolute atomic E-state index is 0.108. The lowest BCUT2D eigenvalue weighted by Crippen LogP contribution is -2.36. The molecule has 1 aliphatic rings. The highest BCUT2D eigenvalue weighted by atomic mass is 16.6. The Labute approximate surface area is 245 Å². The molecule has 0 saturated carbocycles. The van der Waals surface area contributed by atoms with E-state index in [0.29, 0.717) is 54.7 Å². The number of hydrogen-bond donors (Lipinski definition) is 2. The van der Waals surface area contributed by atoms with Crippen molar-refractivity contribution in [1.82, 2.24) is 14.9 Å². The van der Waals surface area contributed by atoms with Crippen LogP contribution >= 0.6 is 0 Å². The van der Waals surface area contributed by atoms with Gasteiger partial charge in [0.25, 0.3) is 5.91 Å². The Morgan fingerprint density at radius 1 is 1.07 bits per heavy atom. The van der Waals surface area contributed by atoms with Crippen LogP contribution in [0.1, 0.15) is 55.3 Å². The molecule has 12 heteroatoms. The first-order chi connectivity index (χ1) is 20.2. The van der Waals surface area contributed by atoms with Crippen molar-refractivity contribution in [2.24, 2.45) is 0 Å². The normalized spacial score (nSPS) is 13.5. The number of anilines is 3. The molecule has 3 aromatic rings. The number of furan rings is 1. The lowest BCUT2D eigenvalue weighted by atomic mass is 10.1. The van der Waals surface area contributed by atoms with Gasteiger partial charge < -0.3 is 34.3 Å². The monoisotopic (exact) mass is 578 g/mol. The van der Waals surface area contributed by atoms with Crippen LogP contribution in [0.5, 0.6) is 5.75 Å². The van der Waals surface area contributed by atoms with Gasteiger partial charge in [0, 0.05) is 44.7 Å². The van der Waals surface area contributed by atoms with Crippen molar-refractivity contribution in [3.05, 3.63) is 59.7 Å². The number of nitrogens with zero attached hydrogens (tertiary/aromatic N) is 5. The summed E-state index contributed by atoms with van der Waals surface area (Å²) in [5.41, 5.74) is 1.74. The van der Waals surface area contributed by atoms with Gasteiger partial charge in [0.2, 0.25) is 5.95 Å². The Morgan fingerprint density at radius 2 is 1.76 bits per heavy atom. The third kappa shape index (κ3) is 6.99. The van der Waals surface area contributed by atoms with Gasteiger partial charge in [-0.15, -0.1) is 0 Å². The molecule has 1 fully saturated rings. The van der Waals surface area contributed by atoms with Crippen LogP contribution in [0, 0.1) is 6.92 Å². The summed E-state index contributed by atoms with van der Waals surface area (Å²) in [6, 6.07) is 7.39. The molecule has 0 spiro atoms. The minimum atomic E-state index is -1.09. The van der Waals surface area contributed by atoms with Gasteiger partial charge in [-0.1, -0.05) is 12.1 Å². The molecule has 42 heavy (non-hydrogen) atoms. The zero-order valence-electron chi connectivity index (χ0n) is 24.5. The van der Waals surface area contributed by atoms with Gasteiger partial charge in [0.05, 0.1) is 12.5 Å². The second-order valence-electron chi connectivity index (χ2n) is 10.0. The van der Waals surface area contributed by atoms with E-state index < -0.39 is 12.0 Å². The van der Waals surface area contributed by atoms with Crippen molar-refractivity contribution in [3.63, 3.8) is 0 Å². The van der Waals surface area contributed by atoms with E-state index in [1.165, 1.54) is 17.4 Å². The predicted molar refractivity (Wildman–Crippen MR) is 158 cm³/mol. The molecule has 0 aliphatic carbocycles. The van der Waals surface area contributed by atoms with E-state index in [4.69, 9.17) is 9.15 Å². The predicted octanol–water partition coefficient (Wildman–Crippen LogP) is 4.59. The van der Waals surface area contributed by atoms with Crippen molar-refractivity contribution in [3.8, 4) is 5.75 Å². The summed E-state index contributed by atoms with van der Waals surface area (Å²) in [6.07, 6.45) is 4.64. The molecule has 2 aromatic heterocycles. The Balaban J connectivity index is 1.59. The van der Waals surface area contributed by atoms with Crippen LogP contribution in [0.2, 0.25) is 0 Å². The number of carbonyl (C=O) groups is 3. The van der Waals surface area contributed by atoms with Gasteiger partial charge in [-0.05, 0) is 64.3 Å². The second-order valence-corrected chi connectivity index (χ2v) is 10.0. The Morgan fingerprint density at radius 3 is 2.33 bits per heavy atom. The van der Waals surface area contributed by atoms with Gasteiger partial charge in [-0.3, -0.25) is 4.79 Å². The number of carbonyl (C=O) groups excluding carboxylic acids is 2. The van der Waals surface area contributed by atoms with Crippen molar-refractivity contribution >= 4 is 35.4 Å². The number of carboxylic acid groups (broad SMARTS) is 1. The summed E-state index contributed by atoms with van der Waals surface area (Å²) in [7, 11) is 0. The summed E-state index contributed by atoms with van der Waals surface area (Å²) >= 11 is 0. The molecule has 224 valence electrons. The van der Waals surface area contributed by atoms with E-state index in [0.717, 1.165) is 12.8 Å². The number of aryl methyl sites for hydroxylation is 1. The molecule has 0 radical (unpaired) electrons. The fraction of sp³-hybridized carbons (Fsp3) is 0.433. The van der Waals surface area contributed by atoms with Crippen LogP contribution < -0.4 is 19.9 Å². The number of rotatable bonds is 12. The highest BCUT2D eigenvalue weighted by molar-refractivity contribution is 6.06. The molecule has 0 bridgehead atoms. The van der Waals surface area contributed by atoms with E-state index >= 15 is 0 Å². The third-order valence-corrected chi connectivity index (χ3v) is 7.25. The van der Waals surface area contributed by atoms with Crippen molar-refractivity contribution in [2.45, 2.75) is 53.0 Å². The lowest BCUT2D eigenvalue weighted by Gasteiger charge is -2.26. The van der Waals surface area contributed by atoms with E-state index in [9.17, 15) is 19.5 Å². The second kappa shape index (κ2) is 13.8. The van der Waals surface area contributed by atoms with Crippen LogP contribution in [0.25, 0.3) is 0 Å². The summed E-state index contributed by atoms with van der Waals surface area (Å²) in [5, 5.41) is 13.2. The molecule has 0 unspecified atom stereocenters. The molecule has 3 heterocycles. The molecular weight excluding hydrogens is 540 g/mol. The standard InChI is InChI=1S/C30H38N6O6/c1-5-34(6-2)29-31-19-24(36(7-3)27(37)25-20(4)14-17-41-25)26(33-29)32-23(28(38)39)18-21-10-12-22(13-11-21)42-30(40)35-15-8-9-16-35/h10-14,17,19,23H,5-9,15-16,18H2,1-4H3,(H,38,39)(H,31,32,33)/t23-/m0/s1. The van der Waals surface area contributed by atoms with Gasteiger partial charge >= 0.3 is 12.1 Å². The molecule has 2 amide bonds. The smallest absolute Gasteiger partial charge is 0.415 e. The van der Waals surface area contributed by atoms with Crippen LogP contribution in [0.15, 0.2) is 47.2 Å². The minimum Gasteiger partial charge on any atom is -0.480 e. The van der Waals surface area contributed by atoms with E-state index in [-0.39, 0.29) is 36.5 Å². The summed E-state index contributed by atoms with van der Waals surface area (Å²) < 4.78 is 10.9. The van der Waals surface area contributed by atoms with Crippen LogP contribution in [-0.4, -0.2) is 76.7 Å². The van der Waals surface area contributed by atoms with Crippen LogP contribution in [-0.2, 0) is 11.2 Å². The molecular formula is C30H38N6O6. The van der Waals surface area contributed by atoms with Crippen LogP contribution in [0.4, 0.5) is 22.2 Å². The van der Waals surface area contributed by atoms with Crippen molar-refractivity contribution in [2.75, 3.05) is 47.8 Å². The first kappa shape index (κ1) is 30.4. The fourth-order valence-corrected chi connectivity index (χ4v) is 4.83. The van der Waals surface area contributed by atoms with Crippen molar-refractivity contribution in [1.29, 1.82) is 0 Å². The molecule has 1 aliphatic heterocycles. The number of hydrogen-bond acceptors (Lipinski definition) is 9. The topological polar surface area (TPSA) is 141 Å². The number of nitrogens with one attached hydrogen (secondary N) is 1. The van der Waals surface area contributed by atoms with Gasteiger partial charge in [-0.2, -0.15) is 4.98 Å². The lowest BCUT2D eigenvalue weighted by molar-refractivity contribution is -0.137. The fourth-order valence-electron chi connectivity index (χ4n) is 4.83. The largest absolute Gasteiger partial charge is 0.480 e. The Hall–Kier alpha value is -4.61. The molecule has 4 rings (SSSR count). The number of aliphatic carboxylic acids is 1. The third-order valence-electron chi connectivity index (χ3n) is 7.25. The summed E-state index contributed by atoms with van der Waals surface area (Å²) in [6.45, 7) is 10.5. The van der Waals surface area contributed by atoms with E-state index in [1.54, 1.807) is 42.2 Å². The molecule has 2 N–H and O–H groups in total. The number of carboxylic acids is 1. The average Bonchev–Trinajstić information content (AvgIpc) is 3.68. The SMILES string of the molecule is CCN(CC)c1ncc(N(CC)C(=O)c2occc2C)c(N[C@@H](Cc2ccc(OC(=O)N3CCCC3)cc2)C(=O)O)n1. The quantitative estimate of drug-likeness (QED) is 0.313. The maximum absolute atomic E-state index is 13.4. The van der Waals surface area contributed by atoms with Gasteiger partial charge in [0.1, 0.15) is 17.5 Å². The zero-order chi connectivity index (χ0) is 30.2. The number of likely N-dealkylation sites (tertiary alicyclic amines) is 1. The van der Waals surface area contributed by atoms with Gasteiger partial charge in [-0.25, -0.2) is 14.6 Å². The van der Waals surface area contributed by atoms with E-state index in [2.05, 4.69) is 15.3 Å². The number of amides is 2.